The highest BCUT2D eigenvalue weighted by Gasteiger charge is 2.32. The number of hydrogen-bond donors (Lipinski definition) is 3. The van der Waals surface area contributed by atoms with E-state index in [-0.39, 0.29) is 54.1 Å². The number of amides is 3. The van der Waals surface area contributed by atoms with Crippen molar-refractivity contribution in [1.82, 2.24) is 14.5 Å². The van der Waals surface area contributed by atoms with Crippen molar-refractivity contribution in [3.05, 3.63) is 54.1 Å². The van der Waals surface area contributed by atoms with E-state index >= 15 is 0 Å². The number of nitrogens with zero attached hydrogens (tertiary/aromatic N) is 2. The molecule has 2 aromatic rings. The van der Waals surface area contributed by atoms with Crippen LogP contribution in [0.2, 0.25) is 0 Å². The number of sulfonamides is 1. The maximum Gasteiger partial charge on any atom is 0.319 e. The smallest absolute Gasteiger partial charge is 0.319 e. The Labute approximate surface area is 262 Å². The van der Waals surface area contributed by atoms with E-state index in [1.54, 1.807) is 60.4 Å². The number of hydrogen-bond acceptors (Lipinski definition) is 7. The van der Waals surface area contributed by atoms with Gasteiger partial charge in [-0.05, 0) is 77.3 Å². The van der Waals surface area contributed by atoms with Gasteiger partial charge in [-0.2, -0.15) is 4.31 Å². The Morgan fingerprint density at radius 2 is 1.82 bits per heavy atom. The number of aliphatic hydroxyl groups excluding tert-OH is 1. The lowest BCUT2D eigenvalue weighted by molar-refractivity contribution is -0.00833. The molecule has 0 aromatic heterocycles. The molecule has 4 atom stereocenters. The SMILES string of the molecule is CC(C)NC(=O)Nc1ccc2c(c1)C(=O)N([C@@H](C)CO)C[C@H](C)[C@H](CN(C)S(=O)(=O)c1ccccc1)OCCCC[C@@H](C)O2. The highest BCUT2D eigenvalue weighted by molar-refractivity contribution is 7.89. The van der Waals surface area contributed by atoms with Crippen LogP contribution in [0.1, 0.15) is 64.2 Å². The second-order valence-electron chi connectivity index (χ2n) is 11.9. The molecule has 1 heterocycles. The first-order valence-electron chi connectivity index (χ1n) is 15.3. The number of rotatable bonds is 8. The van der Waals surface area contributed by atoms with Crippen molar-refractivity contribution < 1.29 is 32.6 Å². The zero-order chi connectivity index (χ0) is 32.4. The summed E-state index contributed by atoms with van der Waals surface area (Å²) in [5.74, 6) is -0.293. The van der Waals surface area contributed by atoms with Crippen LogP contribution in [-0.4, -0.2) is 92.3 Å². The molecule has 0 aliphatic carbocycles. The molecular formula is C32H48N4O7S. The number of aliphatic hydroxyl groups is 1. The van der Waals surface area contributed by atoms with E-state index in [2.05, 4.69) is 10.6 Å². The Morgan fingerprint density at radius 3 is 2.48 bits per heavy atom. The minimum absolute atomic E-state index is 0.0719. The van der Waals surface area contributed by atoms with Gasteiger partial charge in [-0.15, -0.1) is 0 Å². The summed E-state index contributed by atoms with van der Waals surface area (Å²) in [6.07, 6.45) is 1.55. The van der Waals surface area contributed by atoms with Gasteiger partial charge in [-0.1, -0.05) is 25.1 Å². The predicted molar refractivity (Wildman–Crippen MR) is 170 cm³/mol. The minimum Gasteiger partial charge on any atom is -0.490 e. The molecule has 244 valence electrons. The van der Waals surface area contributed by atoms with Crippen LogP contribution in [0.4, 0.5) is 10.5 Å². The van der Waals surface area contributed by atoms with Gasteiger partial charge in [-0.25, -0.2) is 13.2 Å². The Bertz CT molecular complexity index is 1340. The summed E-state index contributed by atoms with van der Waals surface area (Å²) in [5, 5.41) is 15.7. The van der Waals surface area contributed by atoms with Crippen molar-refractivity contribution in [3.63, 3.8) is 0 Å². The molecule has 2 aromatic carbocycles. The van der Waals surface area contributed by atoms with Crippen molar-refractivity contribution >= 4 is 27.6 Å². The molecule has 3 rings (SSSR count). The first kappa shape index (κ1) is 35.3. The molecule has 0 fully saturated rings. The first-order valence-corrected chi connectivity index (χ1v) is 16.7. The highest BCUT2D eigenvalue weighted by Crippen LogP contribution is 2.29. The van der Waals surface area contributed by atoms with Crippen LogP contribution in [0.25, 0.3) is 0 Å². The summed E-state index contributed by atoms with van der Waals surface area (Å²) in [5.41, 5.74) is 0.677. The fraction of sp³-hybridized carbons (Fsp3) is 0.562. The topological polar surface area (TPSA) is 138 Å². The molecule has 44 heavy (non-hydrogen) atoms. The van der Waals surface area contributed by atoms with E-state index in [4.69, 9.17) is 9.47 Å². The second kappa shape index (κ2) is 16.2. The summed E-state index contributed by atoms with van der Waals surface area (Å²) >= 11 is 0. The average Bonchev–Trinajstić information content (AvgIpc) is 2.98. The molecular weight excluding hydrogens is 584 g/mol. The van der Waals surface area contributed by atoms with Crippen LogP contribution in [0.3, 0.4) is 0 Å². The van der Waals surface area contributed by atoms with Crippen LogP contribution in [0, 0.1) is 5.92 Å². The molecule has 3 N–H and O–H groups in total. The van der Waals surface area contributed by atoms with Crippen LogP contribution in [0.15, 0.2) is 53.4 Å². The first-order chi connectivity index (χ1) is 20.8. The standard InChI is InChI=1S/C32H48N4O7S/c1-22(2)33-32(39)34-26-15-16-29-28(18-26)31(38)36(24(4)21-37)19-23(3)30(42-17-11-10-12-25(5)43-29)20-35(6)44(40,41)27-13-8-7-9-14-27/h7-9,13-16,18,22-25,30,37H,10-12,17,19-21H2,1-6H3,(H2,33,34,39)/t23-,24-,25+,30-/m0/s1. The van der Waals surface area contributed by atoms with Gasteiger partial charge in [0.2, 0.25) is 10.0 Å². The Kier molecular flexibility index (Phi) is 13.0. The fourth-order valence-electron chi connectivity index (χ4n) is 5.02. The van der Waals surface area contributed by atoms with Gasteiger partial charge < -0.3 is 30.1 Å². The number of carbonyl (C=O) groups is 2. The van der Waals surface area contributed by atoms with E-state index < -0.39 is 28.2 Å². The largest absolute Gasteiger partial charge is 0.490 e. The van der Waals surface area contributed by atoms with Gasteiger partial charge in [0.25, 0.3) is 5.91 Å². The molecule has 11 nitrogen and oxygen atoms in total. The number of anilines is 1. The van der Waals surface area contributed by atoms with Crippen LogP contribution >= 0.6 is 0 Å². The van der Waals surface area contributed by atoms with Crippen molar-refractivity contribution in [2.75, 3.05) is 38.7 Å². The van der Waals surface area contributed by atoms with Crippen LogP contribution in [0.5, 0.6) is 5.75 Å². The summed E-state index contributed by atoms with van der Waals surface area (Å²) in [7, 11) is -2.23. The Morgan fingerprint density at radius 1 is 1.11 bits per heavy atom. The van der Waals surface area contributed by atoms with Gasteiger partial charge in [0.05, 0.1) is 35.3 Å². The van der Waals surface area contributed by atoms with Gasteiger partial charge >= 0.3 is 6.03 Å². The fourth-order valence-corrected chi connectivity index (χ4v) is 6.22. The highest BCUT2D eigenvalue weighted by atomic mass is 32.2. The third-order valence-electron chi connectivity index (χ3n) is 7.62. The molecule has 12 heteroatoms. The van der Waals surface area contributed by atoms with Gasteiger partial charge in [0.15, 0.2) is 0 Å². The average molecular weight is 633 g/mol. The van der Waals surface area contributed by atoms with Crippen LogP contribution < -0.4 is 15.4 Å². The number of urea groups is 1. The number of nitrogens with one attached hydrogen (secondary N) is 2. The van der Waals surface area contributed by atoms with E-state index in [0.29, 0.717) is 24.5 Å². The number of carbonyl (C=O) groups excluding carboxylic acids is 2. The van der Waals surface area contributed by atoms with Gasteiger partial charge in [-0.3, -0.25) is 4.79 Å². The molecule has 0 saturated carbocycles. The molecule has 3 amide bonds. The quantitative estimate of drug-likeness (QED) is 0.394. The molecule has 1 aliphatic rings. The number of benzene rings is 2. The third kappa shape index (κ3) is 9.65. The van der Waals surface area contributed by atoms with E-state index in [1.807, 2.05) is 27.7 Å². The lowest BCUT2D eigenvalue weighted by Gasteiger charge is -2.35. The normalized spacial score (nSPS) is 21.2. The van der Waals surface area contributed by atoms with Crippen molar-refractivity contribution in [2.24, 2.45) is 5.92 Å². The maximum atomic E-state index is 14.2. The molecule has 0 saturated heterocycles. The summed E-state index contributed by atoms with van der Waals surface area (Å²) in [6.45, 7) is 9.71. The Balaban J connectivity index is 1.96. The lowest BCUT2D eigenvalue weighted by Crippen LogP contribution is -2.48. The van der Waals surface area contributed by atoms with E-state index in [1.165, 1.54) is 11.4 Å². The maximum absolute atomic E-state index is 14.2. The number of ether oxygens (including phenoxy) is 2. The minimum atomic E-state index is -3.76. The zero-order valence-electron chi connectivity index (χ0n) is 26.7. The molecule has 0 spiro atoms. The van der Waals surface area contributed by atoms with E-state index in [9.17, 15) is 23.1 Å². The summed E-state index contributed by atoms with van der Waals surface area (Å²) in [6, 6.07) is 12.2. The van der Waals surface area contributed by atoms with Gasteiger partial charge in [0.1, 0.15) is 5.75 Å². The number of likely N-dealkylation sites (N-methyl/N-ethyl adjacent to an activating group) is 1. The monoisotopic (exact) mass is 632 g/mol. The predicted octanol–water partition coefficient (Wildman–Crippen LogP) is 4.33. The molecule has 0 bridgehead atoms. The van der Waals surface area contributed by atoms with Gasteiger partial charge in [0, 0.05) is 44.4 Å². The lowest BCUT2D eigenvalue weighted by atomic mass is 10.0. The Hall–Kier alpha value is -3.19. The van der Waals surface area contributed by atoms with Crippen LogP contribution in [-0.2, 0) is 14.8 Å². The molecule has 1 aliphatic heterocycles. The third-order valence-corrected chi connectivity index (χ3v) is 9.46. The molecule has 0 radical (unpaired) electrons. The van der Waals surface area contributed by atoms with Crippen molar-refractivity contribution in [3.8, 4) is 5.75 Å². The summed E-state index contributed by atoms with van der Waals surface area (Å²) < 4.78 is 40.4. The van der Waals surface area contributed by atoms with Crippen molar-refractivity contribution in [2.45, 2.75) is 83.1 Å². The van der Waals surface area contributed by atoms with Crippen molar-refractivity contribution in [1.29, 1.82) is 0 Å². The molecule has 0 unspecified atom stereocenters. The van der Waals surface area contributed by atoms with E-state index in [0.717, 1.165) is 12.8 Å². The zero-order valence-corrected chi connectivity index (χ0v) is 27.5. The summed E-state index contributed by atoms with van der Waals surface area (Å²) in [4.78, 5) is 28.4. The second-order valence-corrected chi connectivity index (χ2v) is 13.9. The number of fused-ring (bicyclic) bond motifs is 1.